The lowest BCUT2D eigenvalue weighted by molar-refractivity contribution is -0.385. The molecule has 2 aromatic rings. The molecule has 0 spiro atoms. The molecule has 1 aliphatic heterocycles. The second kappa shape index (κ2) is 10.4. The van der Waals surface area contributed by atoms with Gasteiger partial charge in [-0.3, -0.25) is 19.7 Å². The molecule has 158 valence electrons. The summed E-state index contributed by atoms with van der Waals surface area (Å²) < 4.78 is 0. The maximum Gasteiger partial charge on any atom is 0.287 e. The number of rotatable bonds is 9. The summed E-state index contributed by atoms with van der Waals surface area (Å²) in [6.45, 7) is 2.65. The number of amides is 1. The van der Waals surface area contributed by atoms with Gasteiger partial charge < -0.3 is 16.0 Å². The van der Waals surface area contributed by atoms with E-state index in [1.54, 1.807) is 0 Å². The molecule has 3 rings (SSSR count). The fourth-order valence-electron chi connectivity index (χ4n) is 3.30. The molecule has 3 N–H and O–H groups in total. The first-order chi connectivity index (χ1) is 14.5. The maximum absolute atomic E-state index is 12.4. The highest BCUT2D eigenvalue weighted by atomic mass is 16.6. The molecule has 0 saturated heterocycles. The molecule has 0 unspecified atom stereocenters. The number of nitro groups is 1. The van der Waals surface area contributed by atoms with Crippen molar-refractivity contribution < 1.29 is 14.5 Å². The number of benzene rings is 1. The van der Waals surface area contributed by atoms with Crippen LogP contribution in [-0.2, 0) is 17.6 Å². The molecular weight excluding hydrogens is 386 g/mol. The number of anilines is 1. The smallest absolute Gasteiger partial charge is 0.287 e. The second-order valence-electron chi connectivity index (χ2n) is 7.09. The third-order valence-corrected chi connectivity index (χ3v) is 4.96. The Bertz CT molecular complexity index is 914. The van der Waals surface area contributed by atoms with E-state index in [-0.39, 0.29) is 30.2 Å². The van der Waals surface area contributed by atoms with E-state index in [1.807, 2.05) is 18.2 Å². The van der Waals surface area contributed by atoms with Crippen LogP contribution in [0.5, 0.6) is 0 Å². The van der Waals surface area contributed by atoms with E-state index in [0.717, 1.165) is 25.9 Å². The Labute approximate surface area is 174 Å². The molecule has 0 radical (unpaired) electrons. The SMILES string of the molecule is O=C(CCC(=O)c1ccc2c(c1)CCNCC2)NCCNc1ccc([N+](=O)[O-])cn1. The molecule has 1 aromatic carbocycles. The van der Waals surface area contributed by atoms with E-state index >= 15 is 0 Å². The number of nitrogens with zero attached hydrogens (tertiary/aromatic N) is 2. The summed E-state index contributed by atoms with van der Waals surface area (Å²) in [7, 11) is 0. The molecule has 9 heteroatoms. The van der Waals surface area contributed by atoms with E-state index in [1.165, 1.54) is 29.5 Å². The highest BCUT2D eigenvalue weighted by Gasteiger charge is 2.13. The van der Waals surface area contributed by atoms with Gasteiger partial charge in [0.1, 0.15) is 12.0 Å². The average molecular weight is 411 g/mol. The fraction of sp³-hybridized carbons (Fsp3) is 0.381. The minimum Gasteiger partial charge on any atom is -0.368 e. The van der Waals surface area contributed by atoms with Crippen LogP contribution in [0.4, 0.5) is 11.5 Å². The zero-order chi connectivity index (χ0) is 21.3. The zero-order valence-electron chi connectivity index (χ0n) is 16.6. The number of ketones is 1. The molecule has 0 fully saturated rings. The lowest BCUT2D eigenvalue weighted by atomic mass is 9.97. The van der Waals surface area contributed by atoms with E-state index in [0.29, 0.717) is 24.5 Å². The zero-order valence-corrected chi connectivity index (χ0v) is 16.6. The van der Waals surface area contributed by atoms with E-state index in [9.17, 15) is 19.7 Å². The summed E-state index contributed by atoms with van der Waals surface area (Å²) in [5.74, 6) is 0.266. The number of hydrogen-bond acceptors (Lipinski definition) is 7. The number of carbonyl (C=O) groups excluding carboxylic acids is 2. The van der Waals surface area contributed by atoms with Crippen molar-refractivity contribution >= 4 is 23.2 Å². The van der Waals surface area contributed by atoms with Gasteiger partial charge in [-0.05, 0) is 49.2 Å². The first-order valence-corrected chi connectivity index (χ1v) is 9.99. The Morgan fingerprint density at radius 2 is 1.87 bits per heavy atom. The summed E-state index contributed by atoms with van der Waals surface area (Å²) in [6, 6.07) is 8.70. The second-order valence-corrected chi connectivity index (χ2v) is 7.09. The van der Waals surface area contributed by atoms with E-state index < -0.39 is 4.92 Å². The quantitative estimate of drug-likeness (QED) is 0.249. The van der Waals surface area contributed by atoms with Crippen LogP contribution in [0.3, 0.4) is 0 Å². The summed E-state index contributed by atoms with van der Waals surface area (Å²) in [5, 5.41) is 19.7. The first kappa shape index (κ1) is 21.4. The third-order valence-electron chi connectivity index (χ3n) is 4.96. The van der Waals surface area contributed by atoms with Crippen LogP contribution in [0.1, 0.15) is 34.3 Å². The largest absolute Gasteiger partial charge is 0.368 e. The Morgan fingerprint density at radius 1 is 1.07 bits per heavy atom. The van der Waals surface area contributed by atoms with Crippen LogP contribution in [0.2, 0.25) is 0 Å². The summed E-state index contributed by atoms with van der Waals surface area (Å²) in [4.78, 5) is 38.5. The van der Waals surface area contributed by atoms with Crippen molar-refractivity contribution in [3.8, 4) is 0 Å². The topological polar surface area (TPSA) is 126 Å². The molecule has 1 aromatic heterocycles. The molecule has 0 saturated carbocycles. The molecule has 1 amide bonds. The summed E-state index contributed by atoms with van der Waals surface area (Å²) >= 11 is 0. The van der Waals surface area contributed by atoms with Gasteiger partial charge in [-0.25, -0.2) is 4.98 Å². The number of fused-ring (bicyclic) bond motifs is 1. The molecule has 9 nitrogen and oxygen atoms in total. The highest BCUT2D eigenvalue weighted by Crippen LogP contribution is 2.17. The molecule has 0 aliphatic carbocycles. The van der Waals surface area contributed by atoms with Crippen molar-refractivity contribution in [1.29, 1.82) is 0 Å². The maximum atomic E-state index is 12.4. The van der Waals surface area contributed by atoms with Crippen molar-refractivity contribution in [3.63, 3.8) is 0 Å². The number of hydrogen-bond donors (Lipinski definition) is 3. The summed E-state index contributed by atoms with van der Waals surface area (Å²) in [5.41, 5.74) is 3.07. The van der Waals surface area contributed by atoms with Gasteiger partial charge >= 0.3 is 0 Å². The van der Waals surface area contributed by atoms with Gasteiger partial charge in [0.05, 0.1) is 4.92 Å². The van der Waals surface area contributed by atoms with Crippen molar-refractivity contribution in [1.82, 2.24) is 15.6 Å². The fourth-order valence-corrected chi connectivity index (χ4v) is 3.30. The van der Waals surface area contributed by atoms with Crippen LogP contribution in [0.25, 0.3) is 0 Å². The van der Waals surface area contributed by atoms with Crippen molar-refractivity contribution in [3.05, 3.63) is 63.3 Å². The Morgan fingerprint density at radius 3 is 2.60 bits per heavy atom. The van der Waals surface area contributed by atoms with Crippen LogP contribution in [0.15, 0.2) is 36.5 Å². The van der Waals surface area contributed by atoms with Gasteiger partial charge in [-0.15, -0.1) is 0 Å². The summed E-state index contributed by atoms with van der Waals surface area (Å²) in [6.07, 6.45) is 3.35. The van der Waals surface area contributed by atoms with Gasteiger partial charge in [0, 0.05) is 37.6 Å². The van der Waals surface area contributed by atoms with Crippen molar-refractivity contribution in [2.45, 2.75) is 25.7 Å². The standard InChI is InChI=1S/C21H25N5O4/c27-19(17-2-1-15-7-9-22-10-8-16(15)13-17)4-6-21(28)24-12-11-23-20-5-3-18(14-25-20)26(29)30/h1-3,5,13-14,22H,4,6-12H2,(H,23,25)(H,24,28). The minimum absolute atomic E-state index is 0.0293. The Balaban J connectivity index is 1.37. The van der Waals surface area contributed by atoms with Gasteiger partial charge in [-0.2, -0.15) is 0 Å². The number of nitrogens with one attached hydrogen (secondary N) is 3. The molecule has 2 heterocycles. The van der Waals surface area contributed by atoms with E-state index in [2.05, 4.69) is 20.9 Å². The number of carbonyl (C=O) groups is 2. The van der Waals surface area contributed by atoms with Crippen LogP contribution in [0, 0.1) is 10.1 Å². The highest BCUT2D eigenvalue weighted by molar-refractivity contribution is 5.98. The predicted molar refractivity (Wildman–Crippen MR) is 113 cm³/mol. The van der Waals surface area contributed by atoms with Gasteiger partial charge in [0.15, 0.2) is 5.78 Å². The number of pyridine rings is 1. The molecular formula is C21H25N5O4. The number of Topliss-reactive ketones (excluding diaryl/α,β-unsaturated/α-hetero) is 1. The molecule has 0 bridgehead atoms. The predicted octanol–water partition coefficient (Wildman–Crippen LogP) is 1.87. The molecule has 30 heavy (non-hydrogen) atoms. The minimum atomic E-state index is -0.513. The molecule has 1 aliphatic rings. The van der Waals surface area contributed by atoms with Gasteiger partial charge in [-0.1, -0.05) is 12.1 Å². The van der Waals surface area contributed by atoms with Gasteiger partial charge in [0.25, 0.3) is 5.69 Å². The van der Waals surface area contributed by atoms with Crippen molar-refractivity contribution in [2.24, 2.45) is 0 Å². The lowest BCUT2D eigenvalue weighted by Gasteiger charge is -2.09. The Hall–Kier alpha value is -3.33. The van der Waals surface area contributed by atoms with Gasteiger partial charge in [0.2, 0.25) is 5.91 Å². The number of aromatic nitrogens is 1. The first-order valence-electron chi connectivity index (χ1n) is 9.99. The van der Waals surface area contributed by atoms with Crippen molar-refractivity contribution in [2.75, 3.05) is 31.5 Å². The normalized spacial score (nSPS) is 13.1. The third kappa shape index (κ3) is 6.08. The van der Waals surface area contributed by atoms with Crippen LogP contribution < -0.4 is 16.0 Å². The van der Waals surface area contributed by atoms with Crippen LogP contribution in [-0.4, -0.2) is 47.8 Å². The monoisotopic (exact) mass is 411 g/mol. The van der Waals surface area contributed by atoms with Crippen LogP contribution >= 0.6 is 0 Å². The molecule has 0 atom stereocenters. The van der Waals surface area contributed by atoms with E-state index in [4.69, 9.17) is 0 Å². The lowest BCUT2D eigenvalue weighted by Crippen LogP contribution is -2.29. The average Bonchev–Trinajstić information content (AvgIpc) is 3.00. The Kier molecular flexibility index (Phi) is 7.45.